The summed E-state index contributed by atoms with van der Waals surface area (Å²) >= 11 is 3.59. The van der Waals surface area contributed by atoms with Crippen molar-refractivity contribution in [1.29, 1.82) is 0 Å². The number of amides is 2. The summed E-state index contributed by atoms with van der Waals surface area (Å²) in [6.45, 7) is 3.42. The lowest BCUT2D eigenvalue weighted by molar-refractivity contribution is -0.128. The molecule has 0 aliphatic carbocycles. The maximum absolute atomic E-state index is 13.2. The predicted octanol–water partition coefficient (Wildman–Crippen LogP) is 4.50. The van der Waals surface area contributed by atoms with Crippen molar-refractivity contribution in [1.82, 2.24) is 10.2 Å². The molecule has 0 spiro atoms. The number of piperidine rings is 1. The number of halogens is 1. The van der Waals surface area contributed by atoms with Crippen LogP contribution in [-0.4, -0.2) is 29.8 Å². The fourth-order valence-electron chi connectivity index (χ4n) is 3.19. The lowest BCUT2D eigenvalue weighted by Crippen LogP contribution is -2.41. The Hall–Kier alpha value is -2.40. The Labute approximate surface area is 168 Å². The van der Waals surface area contributed by atoms with Crippen LogP contribution in [0.5, 0.6) is 0 Å². The summed E-state index contributed by atoms with van der Waals surface area (Å²) in [5, 5.41) is 2.86. The van der Waals surface area contributed by atoms with Crippen molar-refractivity contribution in [3.8, 4) is 0 Å². The zero-order valence-corrected chi connectivity index (χ0v) is 17.0. The molecule has 0 unspecified atom stereocenters. The number of carbonyl (C=O) groups is 2. The number of likely N-dealkylation sites (tertiary alicyclic amines) is 1. The molecular formula is C22H23BrN2O2. The molecular weight excluding hydrogens is 404 g/mol. The van der Waals surface area contributed by atoms with Gasteiger partial charge in [-0.3, -0.25) is 9.59 Å². The maximum Gasteiger partial charge on any atom is 0.271 e. The maximum atomic E-state index is 13.2. The summed E-state index contributed by atoms with van der Waals surface area (Å²) in [5.74, 6) is -0.435. The molecule has 0 radical (unpaired) electrons. The van der Waals surface area contributed by atoms with E-state index < -0.39 is 0 Å². The lowest BCUT2D eigenvalue weighted by Gasteiger charge is -2.28. The second-order valence-corrected chi connectivity index (χ2v) is 7.47. The van der Waals surface area contributed by atoms with Crippen LogP contribution >= 0.6 is 15.9 Å². The van der Waals surface area contributed by atoms with Crippen molar-refractivity contribution < 1.29 is 9.59 Å². The van der Waals surface area contributed by atoms with Gasteiger partial charge in [0.05, 0.1) is 4.48 Å². The second kappa shape index (κ2) is 9.00. The third kappa shape index (κ3) is 4.66. The molecule has 1 saturated heterocycles. The number of hydrogen-bond donors (Lipinski definition) is 1. The Bertz CT molecular complexity index is 856. The minimum atomic E-state index is -0.290. The Morgan fingerprint density at radius 1 is 0.926 bits per heavy atom. The van der Waals surface area contributed by atoms with Crippen LogP contribution in [0.1, 0.15) is 40.7 Å². The Morgan fingerprint density at radius 2 is 1.56 bits per heavy atom. The SMILES string of the molecule is Cc1ccccc1/C(Br)=C(\NC(=O)c1ccccc1)C(=O)N1CCCCC1. The van der Waals surface area contributed by atoms with E-state index in [-0.39, 0.29) is 11.8 Å². The van der Waals surface area contributed by atoms with Crippen LogP contribution < -0.4 is 5.32 Å². The summed E-state index contributed by atoms with van der Waals surface area (Å²) in [7, 11) is 0. The summed E-state index contributed by atoms with van der Waals surface area (Å²) in [6.07, 6.45) is 3.12. The summed E-state index contributed by atoms with van der Waals surface area (Å²) in [5.41, 5.74) is 2.74. The normalized spacial score (nSPS) is 15.1. The number of rotatable bonds is 4. The van der Waals surface area contributed by atoms with Crippen molar-refractivity contribution in [3.05, 3.63) is 77.0 Å². The van der Waals surface area contributed by atoms with Crippen molar-refractivity contribution in [3.63, 3.8) is 0 Å². The molecule has 140 valence electrons. The van der Waals surface area contributed by atoms with Crippen LogP contribution in [0.25, 0.3) is 4.48 Å². The smallest absolute Gasteiger partial charge is 0.271 e. The van der Waals surface area contributed by atoms with E-state index in [1.165, 1.54) is 0 Å². The Kier molecular flexibility index (Phi) is 6.45. The van der Waals surface area contributed by atoms with Gasteiger partial charge < -0.3 is 10.2 Å². The standard InChI is InChI=1S/C22H23BrN2O2/c1-16-10-6-7-13-18(16)19(23)20(22(27)25-14-8-3-9-15-25)24-21(26)17-11-4-2-5-12-17/h2,4-7,10-13H,3,8-9,14-15H2,1H3,(H,24,26)/b20-19+. The molecule has 1 heterocycles. The highest BCUT2D eigenvalue weighted by Gasteiger charge is 2.25. The first-order valence-electron chi connectivity index (χ1n) is 9.19. The molecule has 1 N–H and O–H groups in total. The topological polar surface area (TPSA) is 49.4 Å². The number of aryl methyl sites for hydroxylation is 1. The van der Waals surface area contributed by atoms with Crippen molar-refractivity contribution in [2.75, 3.05) is 13.1 Å². The van der Waals surface area contributed by atoms with Gasteiger partial charge in [-0.05, 0) is 65.4 Å². The average Bonchev–Trinajstić information content (AvgIpc) is 2.72. The molecule has 0 aromatic heterocycles. The number of hydrogen-bond acceptors (Lipinski definition) is 2. The van der Waals surface area contributed by atoms with E-state index in [0.717, 1.165) is 43.5 Å². The van der Waals surface area contributed by atoms with E-state index in [4.69, 9.17) is 0 Å². The summed E-state index contributed by atoms with van der Waals surface area (Å²) in [6, 6.07) is 16.7. The first-order chi connectivity index (χ1) is 13.1. The van der Waals surface area contributed by atoms with E-state index >= 15 is 0 Å². The highest BCUT2D eigenvalue weighted by atomic mass is 79.9. The van der Waals surface area contributed by atoms with E-state index in [0.29, 0.717) is 15.7 Å². The van der Waals surface area contributed by atoms with Crippen LogP contribution in [0, 0.1) is 6.92 Å². The molecule has 0 atom stereocenters. The highest BCUT2D eigenvalue weighted by Crippen LogP contribution is 2.28. The number of carbonyl (C=O) groups excluding carboxylic acids is 2. The van der Waals surface area contributed by atoms with Crippen LogP contribution in [-0.2, 0) is 4.79 Å². The van der Waals surface area contributed by atoms with Gasteiger partial charge in [0.25, 0.3) is 11.8 Å². The highest BCUT2D eigenvalue weighted by molar-refractivity contribution is 9.15. The van der Waals surface area contributed by atoms with Gasteiger partial charge in [0, 0.05) is 18.7 Å². The van der Waals surface area contributed by atoms with E-state index in [9.17, 15) is 9.59 Å². The van der Waals surface area contributed by atoms with Gasteiger partial charge in [-0.1, -0.05) is 42.5 Å². The molecule has 1 aliphatic heterocycles. The van der Waals surface area contributed by atoms with E-state index in [2.05, 4.69) is 21.2 Å². The quantitative estimate of drug-likeness (QED) is 0.731. The van der Waals surface area contributed by atoms with Crippen LogP contribution in [0.3, 0.4) is 0 Å². The molecule has 1 fully saturated rings. The predicted molar refractivity (Wildman–Crippen MR) is 111 cm³/mol. The van der Waals surface area contributed by atoms with Gasteiger partial charge in [-0.2, -0.15) is 0 Å². The van der Waals surface area contributed by atoms with Crippen LogP contribution in [0.2, 0.25) is 0 Å². The summed E-state index contributed by atoms with van der Waals surface area (Å²) < 4.78 is 0.612. The Balaban J connectivity index is 1.98. The molecule has 2 amide bonds. The van der Waals surface area contributed by atoms with Gasteiger partial charge in [0.1, 0.15) is 5.70 Å². The summed E-state index contributed by atoms with van der Waals surface area (Å²) in [4.78, 5) is 27.8. The van der Waals surface area contributed by atoms with Gasteiger partial charge in [0.15, 0.2) is 0 Å². The van der Waals surface area contributed by atoms with Gasteiger partial charge in [0.2, 0.25) is 0 Å². The molecule has 5 heteroatoms. The van der Waals surface area contributed by atoms with E-state index in [1.807, 2.05) is 42.2 Å². The third-order valence-corrected chi connectivity index (χ3v) is 5.56. The molecule has 0 bridgehead atoms. The fraction of sp³-hybridized carbons (Fsp3) is 0.273. The van der Waals surface area contributed by atoms with Crippen molar-refractivity contribution >= 4 is 32.2 Å². The van der Waals surface area contributed by atoms with Gasteiger partial charge in [-0.25, -0.2) is 0 Å². The first-order valence-corrected chi connectivity index (χ1v) is 9.98. The molecule has 3 rings (SSSR count). The third-order valence-electron chi connectivity index (χ3n) is 4.73. The van der Waals surface area contributed by atoms with Crippen LogP contribution in [0.4, 0.5) is 0 Å². The molecule has 2 aromatic rings. The second-order valence-electron chi connectivity index (χ2n) is 6.68. The molecule has 0 saturated carbocycles. The molecule has 2 aromatic carbocycles. The van der Waals surface area contributed by atoms with Crippen molar-refractivity contribution in [2.45, 2.75) is 26.2 Å². The minimum Gasteiger partial charge on any atom is -0.337 e. The molecule has 27 heavy (non-hydrogen) atoms. The monoisotopic (exact) mass is 426 g/mol. The average molecular weight is 427 g/mol. The van der Waals surface area contributed by atoms with Gasteiger partial charge in [-0.15, -0.1) is 0 Å². The van der Waals surface area contributed by atoms with Crippen LogP contribution in [0.15, 0.2) is 60.3 Å². The first kappa shape index (κ1) is 19.4. The van der Waals surface area contributed by atoms with E-state index in [1.54, 1.807) is 24.3 Å². The lowest BCUT2D eigenvalue weighted by atomic mass is 10.1. The largest absolute Gasteiger partial charge is 0.337 e. The minimum absolute atomic E-state index is 0.144. The Morgan fingerprint density at radius 3 is 2.22 bits per heavy atom. The van der Waals surface area contributed by atoms with Crippen molar-refractivity contribution in [2.24, 2.45) is 0 Å². The number of nitrogens with one attached hydrogen (secondary N) is 1. The van der Waals surface area contributed by atoms with Gasteiger partial charge >= 0.3 is 0 Å². The fourth-order valence-corrected chi connectivity index (χ4v) is 3.90. The molecule has 4 nitrogen and oxygen atoms in total. The number of benzene rings is 2. The molecule has 1 aliphatic rings. The number of nitrogens with zero attached hydrogens (tertiary/aromatic N) is 1. The zero-order chi connectivity index (χ0) is 19.2. The zero-order valence-electron chi connectivity index (χ0n) is 15.4.